The van der Waals surface area contributed by atoms with Crippen LogP contribution in [0.5, 0.6) is 17.2 Å². The maximum absolute atomic E-state index is 5.81. The molecule has 5 nitrogen and oxygen atoms in total. The zero-order chi connectivity index (χ0) is 18.5. The van der Waals surface area contributed by atoms with Gasteiger partial charge in [0.1, 0.15) is 17.2 Å². The molecule has 0 bridgehead atoms. The lowest BCUT2D eigenvalue weighted by Crippen LogP contribution is -2.07. The van der Waals surface area contributed by atoms with Crippen molar-refractivity contribution in [3.63, 3.8) is 0 Å². The predicted octanol–water partition coefficient (Wildman–Crippen LogP) is 5.45. The molecule has 3 aromatic rings. The molecule has 1 atom stereocenters. The number of hydrogen-bond acceptors (Lipinski definition) is 6. The molecule has 6 heteroatoms. The number of para-hydroxylation sites is 1. The highest BCUT2D eigenvalue weighted by Gasteiger charge is 2.24. The molecule has 1 aromatic heterocycles. The van der Waals surface area contributed by atoms with Crippen LogP contribution in [0.2, 0.25) is 0 Å². The Morgan fingerprint density at radius 3 is 2.33 bits per heavy atom. The molecular formula is C21H18N2O3S. The van der Waals surface area contributed by atoms with E-state index in [-0.39, 0.29) is 6.10 Å². The standard InChI is InChI=1S/C21H18N2O3S/c1-27-21-12-11-18(14-22-21)25-20-13-19(26-23-20)15-7-9-17(10-8-15)24-16-5-3-2-4-6-16/h2-12,14,19H,13H2,1H3. The molecule has 0 spiro atoms. The highest BCUT2D eigenvalue weighted by Crippen LogP contribution is 2.30. The first-order valence-corrected chi connectivity index (χ1v) is 9.76. The van der Waals surface area contributed by atoms with Crippen molar-refractivity contribution in [1.82, 2.24) is 4.98 Å². The van der Waals surface area contributed by atoms with E-state index in [1.165, 1.54) is 0 Å². The molecular weight excluding hydrogens is 360 g/mol. The van der Waals surface area contributed by atoms with Crippen molar-refractivity contribution in [3.8, 4) is 17.2 Å². The van der Waals surface area contributed by atoms with Crippen LogP contribution in [-0.4, -0.2) is 17.1 Å². The summed E-state index contributed by atoms with van der Waals surface area (Å²) in [4.78, 5) is 9.81. The van der Waals surface area contributed by atoms with Crippen LogP contribution in [0.15, 0.2) is 83.1 Å². The second-order valence-electron chi connectivity index (χ2n) is 5.91. The largest absolute Gasteiger partial charge is 0.457 e. The highest BCUT2D eigenvalue weighted by molar-refractivity contribution is 7.98. The average molecular weight is 378 g/mol. The van der Waals surface area contributed by atoms with E-state index in [4.69, 9.17) is 14.3 Å². The maximum Gasteiger partial charge on any atom is 0.235 e. The smallest absolute Gasteiger partial charge is 0.235 e. The fourth-order valence-electron chi connectivity index (χ4n) is 2.65. The van der Waals surface area contributed by atoms with Crippen LogP contribution in [0, 0.1) is 0 Å². The van der Waals surface area contributed by atoms with E-state index >= 15 is 0 Å². The topological polar surface area (TPSA) is 52.9 Å². The third-order valence-electron chi connectivity index (χ3n) is 4.03. The van der Waals surface area contributed by atoms with Gasteiger partial charge < -0.3 is 14.3 Å². The molecule has 0 N–H and O–H groups in total. The summed E-state index contributed by atoms with van der Waals surface area (Å²) < 4.78 is 11.6. The fourth-order valence-corrected chi connectivity index (χ4v) is 3.02. The minimum atomic E-state index is -0.163. The molecule has 0 aliphatic carbocycles. The van der Waals surface area contributed by atoms with Crippen molar-refractivity contribution in [2.24, 2.45) is 5.16 Å². The number of nitrogens with zero attached hydrogens (tertiary/aromatic N) is 2. The molecule has 0 saturated carbocycles. The molecule has 4 rings (SSSR count). The summed E-state index contributed by atoms with van der Waals surface area (Å²) in [6.07, 6.45) is 4.09. The normalized spacial score (nSPS) is 15.7. The quantitative estimate of drug-likeness (QED) is 0.553. The minimum absolute atomic E-state index is 0.163. The van der Waals surface area contributed by atoms with Crippen molar-refractivity contribution in [1.29, 1.82) is 0 Å². The molecule has 1 aliphatic heterocycles. The van der Waals surface area contributed by atoms with Gasteiger partial charge in [-0.1, -0.05) is 35.5 Å². The van der Waals surface area contributed by atoms with E-state index in [0.29, 0.717) is 18.1 Å². The Morgan fingerprint density at radius 1 is 0.889 bits per heavy atom. The first kappa shape index (κ1) is 17.4. The lowest BCUT2D eigenvalue weighted by molar-refractivity contribution is 0.0855. The van der Waals surface area contributed by atoms with E-state index in [9.17, 15) is 0 Å². The van der Waals surface area contributed by atoms with Crippen molar-refractivity contribution in [3.05, 3.63) is 78.5 Å². The summed E-state index contributed by atoms with van der Waals surface area (Å²) in [6, 6.07) is 21.3. The Labute approximate surface area is 162 Å². The van der Waals surface area contributed by atoms with Crippen LogP contribution in [0.1, 0.15) is 18.1 Å². The van der Waals surface area contributed by atoms with Gasteiger partial charge in [-0.25, -0.2) is 4.98 Å². The Morgan fingerprint density at radius 2 is 1.63 bits per heavy atom. The monoisotopic (exact) mass is 378 g/mol. The number of benzene rings is 2. The maximum atomic E-state index is 5.81. The minimum Gasteiger partial charge on any atom is -0.457 e. The zero-order valence-electron chi connectivity index (χ0n) is 14.7. The molecule has 136 valence electrons. The first-order valence-electron chi connectivity index (χ1n) is 8.53. The summed E-state index contributed by atoms with van der Waals surface area (Å²) in [5.74, 6) is 2.79. The summed E-state index contributed by atoms with van der Waals surface area (Å²) in [6.45, 7) is 0. The summed E-state index contributed by atoms with van der Waals surface area (Å²) >= 11 is 1.59. The molecule has 0 saturated heterocycles. The van der Waals surface area contributed by atoms with Crippen molar-refractivity contribution in [2.75, 3.05) is 6.26 Å². The van der Waals surface area contributed by atoms with Gasteiger partial charge in [-0.3, -0.25) is 0 Å². The van der Waals surface area contributed by atoms with Crippen LogP contribution >= 0.6 is 11.8 Å². The lowest BCUT2D eigenvalue weighted by Gasteiger charge is -2.10. The molecule has 27 heavy (non-hydrogen) atoms. The number of thioether (sulfide) groups is 1. The fraction of sp³-hybridized carbons (Fsp3) is 0.143. The van der Waals surface area contributed by atoms with E-state index < -0.39 is 0 Å². The number of oxime groups is 1. The van der Waals surface area contributed by atoms with Crippen LogP contribution < -0.4 is 9.47 Å². The van der Waals surface area contributed by atoms with Crippen LogP contribution in [-0.2, 0) is 4.84 Å². The van der Waals surface area contributed by atoms with Crippen LogP contribution in [0.3, 0.4) is 0 Å². The van der Waals surface area contributed by atoms with Gasteiger partial charge in [-0.05, 0) is 48.2 Å². The molecule has 0 fully saturated rings. The van der Waals surface area contributed by atoms with E-state index in [2.05, 4.69) is 10.1 Å². The SMILES string of the molecule is CSc1ccc(OC2=NOC(c3ccc(Oc4ccccc4)cc3)C2)cn1. The Balaban J connectivity index is 1.35. The number of pyridine rings is 1. The van der Waals surface area contributed by atoms with Gasteiger partial charge in [0.25, 0.3) is 0 Å². The van der Waals surface area contributed by atoms with Gasteiger partial charge in [0.15, 0.2) is 6.10 Å². The Bertz CT molecular complexity index is 912. The summed E-state index contributed by atoms with van der Waals surface area (Å²) in [5.41, 5.74) is 1.02. The van der Waals surface area contributed by atoms with Gasteiger partial charge >= 0.3 is 0 Å². The Kier molecular flexibility index (Phi) is 5.25. The third kappa shape index (κ3) is 4.41. The second-order valence-corrected chi connectivity index (χ2v) is 6.73. The molecule has 1 aliphatic rings. The molecule has 2 heterocycles. The van der Waals surface area contributed by atoms with Gasteiger partial charge in [0, 0.05) is 0 Å². The van der Waals surface area contributed by atoms with E-state index in [1.807, 2.05) is 73.0 Å². The van der Waals surface area contributed by atoms with Gasteiger partial charge in [0.2, 0.25) is 5.90 Å². The number of hydrogen-bond donors (Lipinski definition) is 0. The van der Waals surface area contributed by atoms with Gasteiger partial charge in [0.05, 0.1) is 17.6 Å². The van der Waals surface area contributed by atoms with Crippen LogP contribution in [0.4, 0.5) is 0 Å². The predicted molar refractivity (Wildman–Crippen MR) is 105 cm³/mol. The van der Waals surface area contributed by atoms with E-state index in [0.717, 1.165) is 22.1 Å². The number of ether oxygens (including phenoxy) is 2. The number of aromatic nitrogens is 1. The summed E-state index contributed by atoms with van der Waals surface area (Å²) in [7, 11) is 0. The molecule has 0 radical (unpaired) electrons. The van der Waals surface area contributed by atoms with Gasteiger partial charge in [-0.2, -0.15) is 0 Å². The van der Waals surface area contributed by atoms with Crippen molar-refractivity contribution < 1.29 is 14.3 Å². The van der Waals surface area contributed by atoms with E-state index in [1.54, 1.807) is 18.0 Å². The third-order valence-corrected chi connectivity index (χ3v) is 4.69. The molecule has 1 unspecified atom stereocenters. The lowest BCUT2D eigenvalue weighted by atomic mass is 10.1. The highest BCUT2D eigenvalue weighted by atomic mass is 32.2. The van der Waals surface area contributed by atoms with Crippen LogP contribution in [0.25, 0.3) is 0 Å². The average Bonchev–Trinajstić information content (AvgIpc) is 3.18. The first-order chi connectivity index (χ1) is 13.3. The van der Waals surface area contributed by atoms with Crippen molar-refractivity contribution >= 4 is 17.7 Å². The number of rotatable bonds is 5. The van der Waals surface area contributed by atoms with Crippen molar-refractivity contribution in [2.45, 2.75) is 17.6 Å². The Hall–Kier alpha value is -2.99. The molecule has 0 amide bonds. The summed E-state index contributed by atoms with van der Waals surface area (Å²) in [5, 5.41) is 5.00. The zero-order valence-corrected chi connectivity index (χ0v) is 15.6. The molecule has 2 aromatic carbocycles. The second kappa shape index (κ2) is 8.14. The van der Waals surface area contributed by atoms with Gasteiger partial charge in [-0.15, -0.1) is 11.8 Å².